The summed E-state index contributed by atoms with van der Waals surface area (Å²) < 4.78 is 5.29. The average Bonchev–Trinajstić information content (AvgIpc) is 2.87. The van der Waals surface area contributed by atoms with Crippen molar-refractivity contribution >= 4 is 11.6 Å². The second-order valence-electron chi connectivity index (χ2n) is 4.69. The maximum Gasteiger partial charge on any atom is 0.246 e. The van der Waals surface area contributed by atoms with Gasteiger partial charge in [-0.3, -0.25) is 0 Å². The van der Waals surface area contributed by atoms with Crippen LogP contribution in [0.25, 0.3) is 0 Å². The lowest BCUT2D eigenvalue weighted by Crippen LogP contribution is -2.35. The first-order chi connectivity index (χ1) is 9.07. The topological polar surface area (TPSA) is 64.9 Å². The van der Waals surface area contributed by atoms with Gasteiger partial charge in [0.15, 0.2) is 5.82 Å². The lowest BCUT2D eigenvalue weighted by Gasteiger charge is -2.20. The first-order valence-corrected chi connectivity index (χ1v) is 6.81. The summed E-state index contributed by atoms with van der Waals surface area (Å²) in [5.74, 6) is 1.14. The van der Waals surface area contributed by atoms with Gasteiger partial charge < -0.3 is 10.3 Å². The van der Waals surface area contributed by atoms with E-state index < -0.39 is 5.54 Å². The number of hydrogen-bond acceptors (Lipinski definition) is 4. The van der Waals surface area contributed by atoms with E-state index in [1.54, 1.807) is 0 Å². The number of benzene rings is 1. The van der Waals surface area contributed by atoms with Crippen molar-refractivity contribution in [2.45, 2.75) is 38.6 Å². The van der Waals surface area contributed by atoms with Crippen molar-refractivity contribution in [3.63, 3.8) is 0 Å². The molecule has 0 fully saturated rings. The van der Waals surface area contributed by atoms with Gasteiger partial charge in [0, 0.05) is 11.4 Å². The van der Waals surface area contributed by atoms with Crippen molar-refractivity contribution in [2.75, 3.05) is 0 Å². The zero-order valence-electron chi connectivity index (χ0n) is 11.2. The minimum atomic E-state index is -0.528. The summed E-state index contributed by atoms with van der Waals surface area (Å²) in [6, 6.07) is 7.62. The van der Waals surface area contributed by atoms with E-state index in [2.05, 4.69) is 10.1 Å². The Labute approximate surface area is 118 Å². The second-order valence-corrected chi connectivity index (χ2v) is 5.12. The summed E-state index contributed by atoms with van der Waals surface area (Å²) in [5, 5.41) is 4.70. The van der Waals surface area contributed by atoms with E-state index in [-0.39, 0.29) is 0 Å². The molecule has 0 saturated carbocycles. The third-order valence-electron chi connectivity index (χ3n) is 3.41. The summed E-state index contributed by atoms with van der Waals surface area (Å²) in [6.07, 6.45) is 2.12. The zero-order chi connectivity index (χ0) is 13.9. The van der Waals surface area contributed by atoms with Crippen molar-refractivity contribution in [2.24, 2.45) is 5.73 Å². The normalized spacial score (nSPS) is 11.8. The predicted octanol–water partition coefficient (Wildman–Crippen LogP) is 3.29. The summed E-state index contributed by atoms with van der Waals surface area (Å²) in [6.45, 7) is 4.04. The molecular formula is C14H18ClN3O. The standard InChI is InChI=1S/C14H18ClN3O/c1-3-14(16,4-2)13-17-12(18-19-13)9-10-6-5-7-11(15)8-10/h5-8H,3-4,9,16H2,1-2H3. The van der Waals surface area contributed by atoms with E-state index in [9.17, 15) is 0 Å². The molecule has 0 bridgehead atoms. The van der Waals surface area contributed by atoms with Crippen LogP contribution in [0.4, 0.5) is 0 Å². The third-order valence-corrected chi connectivity index (χ3v) is 3.64. The van der Waals surface area contributed by atoms with Gasteiger partial charge >= 0.3 is 0 Å². The Balaban J connectivity index is 2.18. The van der Waals surface area contributed by atoms with Crippen molar-refractivity contribution in [1.82, 2.24) is 10.1 Å². The molecule has 2 N–H and O–H groups in total. The van der Waals surface area contributed by atoms with Gasteiger partial charge in [0.2, 0.25) is 5.89 Å². The van der Waals surface area contributed by atoms with E-state index in [1.165, 1.54) is 0 Å². The molecule has 0 atom stereocenters. The summed E-state index contributed by atoms with van der Waals surface area (Å²) in [7, 11) is 0. The summed E-state index contributed by atoms with van der Waals surface area (Å²) >= 11 is 5.95. The fourth-order valence-corrected chi connectivity index (χ4v) is 2.12. The smallest absolute Gasteiger partial charge is 0.246 e. The van der Waals surface area contributed by atoms with Crippen molar-refractivity contribution < 1.29 is 4.52 Å². The lowest BCUT2D eigenvalue weighted by atomic mass is 9.94. The monoisotopic (exact) mass is 279 g/mol. The second kappa shape index (κ2) is 5.72. The highest BCUT2D eigenvalue weighted by molar-refractivity contribution is 6.30. The molecule has 0 unspecified atom stereocenters. The SMILES string of the molecule is CCC(N)(CC)c1nc(Cc2cccc(Cl)c2)no1. The molecule has 0 aliphatic rings. The van der Waals surface area contributed by atoms with Crippen LogP contribution in [0.5, 0.6) is 0 Å². The van der Waals surface area contributed by atoms with Crippen LogP contribution in [-0.4, -0.2) is 10.1 Å². The molecule has 0 aliphatic heterocycles. The van der Waals surface area contributed by atoms with E-state index in [4.69, 9.17) is 21.9 Å². The number of nitrogens with zero attached hydrogens (tertiary/aromatic N) is 2. The first-order valence-electron chi connectivity index (χ1n) is 6.43. The zero-order valence-corrected chi connectivity index (χ0v) is 11.9. The Hall–Kier alpha value is -1.39. The van der Waals surface area contributed by atoms with Crippen LogP contribution in [0, 0.1) is 0 Å². The molecule has 5 heteroatoms. The first kappa shape index (κ1) is 14.0. The molecule has 19 heavy (non-hydrogen) atoms. The van der Waals surface area contributed by atoms with Crippen molar-refractivity contribution in [3.05, 3.63) is 46.6 Å². The number of aromatic nitrogens is 2. The van der Waals surface area contributed by atoms with Gasteiger partial charge in [-0.1, -0.05) is 42.7 Å². The highest BCUT2D eigenvalue weighted by atomic mass is 35.5. The predicted molar refractivity (Wildman–Crippen MR) is 75.0 cm³/mol. The Bertz CT molecular complexity index is 549. The Kier molecular flexibility index (Phi) is 4.22. The molecule has 4 nitrogen and oxygen atoms in total. The maximum atomic E-state index is 6.23. The fraction of sp³-hybridized carbons (Fsp3) is 0.429. The fourth-order valence-electron chi connectivity index (χ4n) is 1.91. The molecule has 0 spiro atoms. The third kappa shape index (κ3) is 3.14. The molecule has 1 aromatic heterocycles. The van der Waals surface area contributed by atoms with Crippen LogP contribution < -0.4 is 5.73 Å². The van der Waals surface area contributed by atoms with Gasteiger partial charge in [0.05, 0.1) is 5.54 Å². The van der Waals surface area contributed by atoms with Crippen LogP contribution in [0.3, 0.4) is 0 Å². The Morgan fingerprint density at radius 1 is 1.32 bits per heavy atom. The maximum absolute atomic E-state index is 6.23. The van der Waals surface area contributed by atoms with Crippen molar-refractivity contribution in [3.8, 4) is 0 Å². The molecule has 2 rings (SSSR count). The van der Waals surface area contributed by atoms with Crippen LogP contribution in [-0.2, 0) is 12.0 Å². The van der Waals surface area contributed by atoms with Crippen molar-refractivity contribution in [1.29, 1.82) is 0 Å². The average molecular weight is 280 g/mol. The minimum absolute atomic E-state index is 0.509. The molecule has 0 amide bonds. The van der Waals surface area contributed by atoms with E-state index in [1.807, 2.05) is 38.1 Å². The van der Waals surface area contributed by atoms with Gasteiger partial charge in [-0.15, -0.1) is 0 Å². The van der Waals surface area contributed by atoms with Crippen LogP contribution in [0.15, 0.2) is 28.8 Å². The largest absolute Gasteiger partial charge is 0.337 e. The molecule has 2 aromatic rings. The summed E-state index contributed by atoms with van der Waals surface area (Å²) in [5.41, 5.74) is 6.75. The lowest BCUT2D eigenvalue weighted by molar-refractivity contribution is 0.267. The minimum Gasteiger partial charge on any atom is -0.337 e. The molecular weight excluding hydrogens is 262 g/mol. The number of hydrogen-bond donors (Lipinski definition) is 1. The van der Waals surface area contributed by atoms with Crippen LogP contribution in [0.2, 0.25) is 5.02 Å². The molecule has 0 radical (unpaired) electrons. The van der Waals surface area contributed by atoms with Crippen LogP contribution >= 0.6 is 11.6 Å². The highest BCUT2D eigenvalue weighted by Gasteiger charge is 2.29. The van der Waals surface area contributed by atoms with Crippen LogP contribution in [0.1, 0.15) is 44.0 Å². The van der Waals surface area contributed by atoms with E-state index >= 15 is 0 Å². The Morgan fingerprint density at radius 3 is 2.68 bits per heavy atom. The van der Waals surface area contributed by atoms with E-state index in [0.29, 0.717) is 23.2 Å². The van der Waals surface area contributed by atoms with Gasteiger partial charge in [-0.25, -0.2) is 0 Å². The van der Waals surface area contributed by atoms with Gasteiger partial charge in [-0.05, 0) is 30.5 Å². The number of halogens is 1. The highest BCUT2D eigenvalue weighted by Crippen LogP contribution is 2.24. The molecule has 0 aliphatic carbocycles. The molecule has 1 heterocycles. The van der Waals surface area contributed by atoms with Gasteiger partial charge in [0.25, 0.3) is 0 Å². The molecule has 1 aromatic carbocycles. The Morgan fingerprint density at radius 2 is 2.05 bits per heavy atom. The summed E-state index contributed by atoms with van der Waals surface area (Å²) in [4.78, 5) is 4.40. The molecule has 0 saturated heterocycles. The van der Waals surface area contributed by atoms with E-state index in [0.717, 1.165) is 18.4 Å². The quantitative estimate of drug-likeness (QED) is 0.912. The number of nitrogens with two attached hydrogens (primary N) is 1. The number of rotatable bonds is 5. The van der Waals surface area contributed by atoms with Gasteiger partial charge in [-0.2, -0.15) is 4.98 Å². The molecule has 102 valence electrons. The van der Waals surface area contributed by atoms with Gasteiger partial charge in [0.1, 0.15) is 0 Å².